The number of rotatable bonds is 3. The van der Waals surface area contributed by atoms with Gasteiger partial charge in [0.1, 0.15) is 6.61 Å². The molecule has 0 aliphatic rings. The average molecular weight is 322 g/mol. The molecule has 2 rings (SSSR count). The molecule has 4 heteroatoms. The second-order valence-electron chi connectivity index (χ2n) is 3.11. The topological polar surface area (TPSA) is 9.23 Å². The smallest absolute Gasteiger partial charge is 1.00 e. The standard InChI is InChI=1S/C13H10ClO.BrH.Mg/c14-13-9-5-4-6-11(13)10-15-12-7-2-1-3-8-12;;/h1-7,9H,10H2;1H;/q-1;;+2/p-1. The first kappa shape index (κ1) is 16.8. The number of benzene rings is 2. The molecule has 0 saturated carbocycles. The normalized spacial score (nSPS) is 8.76. The molecule has 0 amide bonds. The van der Waals surface area contributed by atoms with E-state index in [9.17, 15) is 0 Å². The van der Waals surface area contributed by atoms with E-state index < -0.39 is 0 Å². The van der Waals surface area contributed by atoms with Crippen molar-refractivity contribution < 1.29 is 21.7 Å². The third-order valence-corrected chi connectivity index (χ3v) is 2.39. The van der Waals surface area contributed by atoms with Crippen molar-refractivity contribution in [1.82, 2.24) is 0 Å². The maximum Gasteiger partial charge on any atom is 2.00 e. The minimum atomic E-state index is 0. The Morgan fingerprint density at radius 2 is 1.76 bits per heavy atom. The van der Waals surface area contributed by atoms with E-state index in [2.05, 4.69) is 6.07 Å². The summed E-state index contributed by atoms with van der Waals surface area (Å²) in [4.78, 5) is 0. The van der Waals surface area contributed by atoms with Gasteiger partial charge in [-0.1, -0.05) is 29.8 Å². The van der Waals surface area contributed by atoms with Crippen LogP contribution in [0.3, 0.4) is 0 Å². The average Bonchev–Trinajstić information content (AvgIpc) is 2.29. The SMILES string of the molecule is Clc1ccccc1COc1[c-]cccc1.[Br-].[Mg+2]. The Morgan fingerprint density at radius 3 is 2.41 bits per heavy atom. The van der Waals surface area contributed by atoms with Gasteiger partial charge in [0.2, 0.25) is 0 Å². The second kappa shape index (κ2) is 8.81. The summed E-state index contributed by atoms with van der Waals surface area (Å²) in [7, 11) is 0. The molecule has 0 heterocycles. The molecule has 2 aromatic carbocycles. The molecular formula is C13H10BrClMgO. The van der Waals surface area contributed by atoms with Gasteiger partial charge in [-0.15, -0.1) is 12.1 Å². The van der Waals surface area contributed by atoms with Gasteiger partial charge in [-0.2, -0.15) is 18.2 Å². The van der Waals surface area contributed by atoms with Crippen molar-refractivity contribution in [2.45, 2.75) is 6.61 Å². The van der Waals surface area contributed by atoms with E-state index in [4.69, 9.17) is 16.3 Å². The number of hydrogen-bond donors (Lipinski definition) is 0. The quantitative estimate of drug-likeness (QED) is 0.585. The van der Waals surface area contributed by atoms with E-state index in [0.717, 1.165) is 16.3 Å². The predicted molar refractivity (Wildman–Crippen MR) is 66.8 cm³/mol. The molecule has 0 aliphatic carbocycles. The molecule has 0 atom stereocenters. The summed E-state index contributed by atoms with van der Waals surface area (Å²) in [5, 5.41) is 0.730. The van der Waals surface area contributed by atoms with Crippen molar-refractivity contribution >= 4 is 34.7 Å². The fraction of sp³-hybridized carbons (Fsp3) is 0.0769. The van der Waals surface area contributed by atoms with Gasteiger partial charge in [-0.3, -0.25) is 0 Å². The molecule has 0 N–H and O–H groups in total. The van der Waals surface area contributed by atoms with Gasteiger partial charge in [0.05, 0.1) is 0 Å². The monoisotopic (exact) mass is 320 g/mol. The Balaban J connectivity index is 0.00000128. The van der Waals surface area contributed by atoms with E-state index in [1.54, 1.807) is 0 Å². The summed E-state index contributed by atoms with van der Waals surface area (Å²) in [6, 6.07) is 18.2. The summed E-state index contributed by atoms with van der Waals surface area (Å²) in [6.45, 7) is 0.472. The predicted octanol–water partition coefficient (Wildman–Crippen LogP) is 0.342. The molecule has 0 spiro atoms. The van der Waals surface area contributed by atoms with Gasteiger partial charge >= 0.3 is 23.1 Å². The first-order valence-electron chi connectivity index (χ1n) is 4.69. The van der Waals surface area contributed by atoms with Crippen LogP contribution < -0.4 is 21.7 Å². The maximum atomic E-state index is 6.00. The van der Waals surface area contributed by atoms with Crippen LogP contribution in [0.4, 0.5) is 0 Å². The summed E-state index contributed by atoms with van der Waals surface area (Å²) in [5.41, 5.74) is 0.983. The fourth-order valence-electron chi connectivity index (χ4n) is 1.24. The molecule has 0 unspecified atom stereocenters. The minimum Gasteiger partial charge on any atom is -1.00 e. The van der Waals surface area contributed by atoms with Crippen LogP contribution in [0.25, 0.3) is 0 Å². The van der Waals surface area contributed by atoms with Crippen LogP contribution in [0.5, 0.6) is 5.75 Å². The van der Waals surface area contributed by atoms with Gasteiger partial charge < -0.3 is 21.7 Å². The molecule has 0 radical (unpaired) electrons. The Labute approximate surface area is 133 Å². The molecule has 0 fully saturated rings. The summed E-state index contributed by atoms with van der Waals surface area (Å²) >= 11 is 6.00. The Hall–Kier alpha value is -0.224. The maximum absolute atomic E-state index is 6.00. The Bertz CT molecular complexity index is 436. The van der Waals surface area contributed by atoms with Crippen LogP contribution >= 0.6 is 11.6 Å². The van der Waals surface area contributed by atoms with Crippen LogP contribution in [0.2, 0.25) is 5.02 Å². The van der Waals surface area contributed by atoms with E-state index in [1.807, 2.05) is 48.5 Å². The van der Waals surface area contributed by atoms with E-state index >= 15 is 0 Å². The van der Waals surface area contributed by atoms with Gasteiger partial charge in [0.25, 0.3) is 0 Å². The molecule has 84 valence electrons. The summed E-state index contributed by atoms with van der Waals surface area (Å²) in [6.07, 6.45) is 0. The first-order valence-corrected chi connectivity index (χ1v) is 5.07. The van der Waals surface area contributed by atoms with Crippen LogP contribution in [0, 0.1) is 6.07 Å². The molecule has 17 heavy (non-hydrogen) atoms. The van der Waals surface area contributed by atoms with Gasteiger partial charge in [-0.25, -0.2) is 0 Å². The van der Waals surface area contributed by atoms with E-state index in [1.165, 1.54) is 0 Å². The number of para-hydroxylation sites is 1. The van der Waals surface area contributed by atoms with Crippen molar-refractivity contribution in [3.05, 3.63) is 65.2 Å². The molecule has 2 aromatic rings. The van der Waals surface area contributed by atoms with Crippen molar-refractivity contribution in [1.29, 1.82) is 0 Å². The van der Waals surface area contributed by atoms with Crippen LogP contribution in [-0.4, -0.2) is 23.1 Å². The van der Waals surface area contributed by atoms with Crippen LogP contribution in [0.15, 0.2) is 48.5 Å². The van der Waals surface area contributed by atoms with Gasteiger partial charge in [0.15, 0.2) is 0 Å². The van der Waals surface area contributed by atoms with Crippen LogP contribution in [-0.2, 0) is 6.61 Å². The fourth-order valence-corrected chi connectivity index (χ4v) is 1.43. The second-order valence-corrected chi connectivity index (χ2v) is 3.51. The van der Waals surface area contributed by atoms with E-state index in [0.29, 0.717) is 6.61 Å². The zero-order valence-electron chi connectivity index (χ0n) is 9.20. The van der Waals surface area contributed by atoms with Gasteiger partial charge in [0, 0.05) is 16.3 Å². The molecular weight excluding hydrogens is 312 g/mol. The van der Waals surface area contributed by atoms with Crippen molar-refractivity contribution in [2.75, 3.05) is 0 Å². The van der Waals surface area contributed by atoms with Crippen molar-refractivity contribution in [3.8, 4) is 5.75 Å². The Morgan fingerprint density at radius 1 is 1.06 bits per heavy atom. The zero-order chi connectivity index (χ0) is 10.5. The Kier molecular flexibility index (Phi) is 8.69. The third kappa shape index (κ3) is 5.30. The first-order chi connectivity index (χ1) is 7.36. The molecule has 0 bridgehead atoms. The number of halogens is 2. The number of ether oxygens (including phenoxy) is 1. The van der Waals surface area contributed by atoms with Crippen LogP contribution in [0.1, 0.15) is 5.56 Å². The van der Waals surface area contributed by atoms with E-state index in [-0.39, 0.29) is 40.0 Å². The van der Waals surface area contributed by atoms with Gasteiger partial charge in [-0.05, 0) is 6.07 Å². The summed E-state index contributed by atoms with van der Waals surface area (Å²) < 4.78 is 5.53. The molecule has 0 aromatic heterocycles. The summed E-state index contributed by atoms with van der Waals surface area (Å²) in [5.74, 6) is 0.734. The minimum absolute atomic E-state index is 0. The van der Waals surface area contributed by atoms with Crippen molar-refractivity contribution in [3.63, 3.8) is 0 Å². The molecule has 0 saturated heterocycles. The molecule has 0 aliphatic heterocycles. The zero-order valence-corrected chi connectivity index (χ0v) is 13.0. The molecule has 1 nitrogen and oxygen atoms in total. The largest absolute Gasteiger partial charge is 2.00 e. The third-order valence-electron chi connectivity index (χ3n) is 2.02. The number of hydrogen-bond acceptors (Lipinski definition) is 1. The van der Waals surface area contributed by atoms with Crippen molar-refractivity contribution in [2.24, 2.45) is 0 Å².